The third kappa shape index (κ3) is 6.31. The maximum atomic E-state index is 12.4. The van der Waals surface area contributed by atoms with E-state index in [4.69, 9.17) is 23.2 Å². The molecular formula is C22H20Cl2N2O3S. The SMILES string of the molecule is O=C(CCc1ccc(S(=O)(=O)NCc2ccccc2)cc1)Nc1ccc(Cl)cc1Cl. The van der Waals surface area contributed by atoms with E-state index < -0.39 is 10.0 Å². The standard InChI is InChI=1S/C22H20Cl2N2O3S/c23-18-9-12-21(20(24)14-18)26-22(27)13-8-16-6-10-19(11-7-16)30(28,29)25-15-17-4-2-1-3-5-17/h1-7,9-12,14,25H,8,13,15H2,(H,26,27). The number of sulfonamides is 1. The van der Waals surface area contributed by atoms with E-state index in [9.17, 15) is 13.2 Å². The Kier molecular flexibility index (Phi) is 7.50. The van der Waals surface area contributed by atoms with Crippen molar-refractivity contribution in [3.63, 3.8) is 0 Å². The van der Waals surface area contributed by atoms with Gasteiger partial charge in [-0.3, -0.25) is 4.79 Å². The molecule has 3 aromatic rings. The minimum Gasteiger partial charge on any atom is -0.325 e. The van der Waals surface area contributed by atoms with Crippen molar-refractivity contribution >= 4 is 44.8 Å². The lowest BCUT2D eigenvalue weighted by atomic mass is 10.1. The molecule has 2 N–H and O–H groups in total. The van der Waals surface area contributed by atoms with Crippen molar-refractivity contribution in [3.05, 3.63) is 94.0 Å². The largest absolute Gasteiger partial charge is 0.325 e. The van der Waals surface area contributed by atoms with Crippen molar-refractivity contribution in [2.45, 2.75) is 24.3 Å². The van der Waals surface area contributed by atoms with Crippen molar-refractivity contribution in [2.75, 3.05) is 5.32 Å². The number of hydrogen-bond acceptors (Lipinski definition) is 3. The minimum atomic E-state index is -3.61. The molecule has 0 spiro atoms. The first kappa shape index (κ1) is 22.3. The van der Waals surface area contributed by atoms with Crippen LogP contribution in [0.5, 0.6) is 0 Å². The Morgan fingerprint density at radius 1 is 0.867 bits per heavy atom. The van der Waals surface area contributed by atoms with Crippen LogP contribution in [0, 0.1) is 0 Å². The second kappa shape index (κ2) is 10.1. The summed E-state index contributed by atoms with van der Waals surface area (Å²) in [5.41, 5.74) is 2.23. The van der Waals surface area contributed by atoms with Crippen LogP contribution in [0.4, 0.5) is 5.69 Å². The van der Waals surface area contributed by atoms with Crippen LogP contribution in [0.25, 0.3) is 0 Å². The molecule has 0 unspecified atom stereocenters. The summed E-state index contributed by atoms with van der Waals surface area (Å²) >= 11 is 11.9. The fourth-order valence-corrected chi connectivity index (χ4v) is 4.23. The molecule has 0 saturated carbocycles. The van der Waals surface area contributed by atoms with Gasteiger partial charge in [-0.05, 0) is 47.9 Å². The predicted octanol–water partition coefficient (Wildman–Crippen LogP) is 5.04. The van der Waals surface area contributed by atoms with E-state index in [1.54, 1.807) is 30.3 Å². The fraction of sp³-hybridized carbons (Fsp3) is 0.136. The zero-order valence-corrected chi connectivity index (χ0v) is 18.3. The average molecular weight is 463 g/mol. The number of carbonyl (C=O) groups excluding carboxylic acids is 1. The molecule has 8 heteroatoms. The summed E-state index contributed by atoms with van der Waals surface area (Å²) in [6, 6.07) is 20.6. The molecule has 0 aromatic heterocycles. The Morgan fingerprint density at radius 2 is 1.57 bits per heavy atom. The van der Waals surface area contributed by atoms with Gasteiger partial charge in [-0.25, -0.2) is 13.1 Å². The molecule has 0 aliphatic carbocycles. The maximum Gasteiger partial charge on any atom is 0.240 e. The third-order valence-electron chi connectivity index (χ3n) is 4.39. The van der Waals surface area contributed by atoms with E-state index >= 15 is 0 Å². The third-order valence-corrected chi connectivity index (χ3v) is 6.35. The van der Waals surface area contributed by atoms with Crippen LogP contribution in [0.15, 0.2) is 77.7 Å². The van der Waals surface area contributed by atoms with Gasteiger partial charge in [-0.15, -0.1) is 0 Å². The topological polar surface area (TPSA) is 75.3 Å². The number of amides is 1. The van der Waals surface area contributed by atoms with Gasteiger partial charge in [-0.1, -0.05) is 65.7 Å². The first-order chi connectivity index (χ1) is 14.3. The van der Waals surface area contributed by atoms with Gasteiger partial charge >= 0.3 is 0 Å². The maximum absolute atomic E-state index is 12.4. The highest BCUT2D eigenvalue weighted by Gasteiger charge is 2.14. The zero-order valence-electron chi connectivity index (χ0n) is 15.9. The van der Waals surface area contributed by atoms with Crippen LogP contribution in [0.2, 0.25) is 10.0 Å². The van der Waals surface area contributed by atoms with Gasteiger partial charge < -0.3 is 5.32 Å². The molecular weight excluding hydrogens is 443 g/mol. The summed E-state index contributed by atoms with van der Waals surface area (Å²) < 4.78 is 27.5. The Balaban J connectivity index is 1.54. The van der Waals surface area contributed by atoms with Crippen LogP contribution in [-0.2, 0) is 27.8 Å². The predicted molar refractivity (Wildman–Crippen MR) is 120 cm³/mol. The molecule has 0 bridgehead atoms. The van der Waals surface area contributed by atoms with Gasteiger partial charge in [0, 0.05) is 18.0 Å². The highest BCUT2D eigenvalue weighted by molar-refractivity contribution is 7.89. The van der Waals surface area contributed by atoms with Gasteiger partial charge in [0.1, 0.15) is 0 Å². The summed E-state index contributed by atoms with van der Waals surface area (Å²) in [6.45, 7) is 0.221. The molecule has 0 fully saturated rings. The lowest BCUT2D eigenvalue weighted by Gasteiger charge is -2.09. The van der Waals surface area contributed by atoms with Crippen molar-refractivity contribution in [1.82, 2.24) is 4.72 Å². The van der Waals surface area contributed by atoms with E-state index in [1.807, 2.05) is 30.3 Å². The summed E-state index contributed by atoms with van der Waals surface area (Å²) in [7, 11) is -3.61. The lowest BCUT2D eigenvalue weighted by Crippen LogP contribution is -2.23. The number of hydrogen-bond donors (Lipinski definition) is 2. The molecule has 156 valence electrons. The van der Waals surface area contributed by atoms with Crippen molar-refractivity contribution in [1.29, 1.82) is 0 Å². The van der Waals surface area contributed by atoms with Crippen LogP contribution < -0.4 is 10.0 Å². The number of aryl methyl sites for hydroxylation is 1. The molecule has 30 heavy (non-hydrogen) atoms. The number of carbonyl (C=O) groups is 1. The van der Waals surface area contributed by atoms with E-state index in [1.165, 1.54) is 12.1 Å². The fourth-order valence-electron chi connectivity index (χ4n) is 2.75. The lowest BCUT2D eigenvalue weighted by molar-refractivity contribution is -0.116. The molecule has 1 amide bonds. The number of halogens is 2. The molecule has 0 radical (unpaired) electrons. The summed E-state index contributed by atoms with van der Waals surface area (Å²) in [5.74, 6) is -0.194. The first-order valence-electron chi connectivity index (χ1n) is 9.21. The number of nitrogens with one attached hydrogen (secondary N) is 2. The Labute approximate surface area is 186 Å². The van der Waals surface area contributed by atoms with E-state index in [-0.39, 0.29) is 23.8 Å². The van der Waals surface area contributed by atoms with Crippen LogP contribution >= 0.6 is 23.2 Å². The van der Waals surface area contributed by atoms with Crippen LogP contribution in [0.3, 0.4) is 0 Å². The highest BCUT2D eigenvalue weighted by Crippen LogP contribution is 2.25. The highest BCUT2D eigenvalue weighted by atomic mass is 35.5. The van der Waals surface area contributed by atoms with Gasteiger partial charge in [0.05, 0.1) is 15.6 Å². The molecule has 0 aliphatic rings. The van der Waals surface area contributed by atoms with Gasteiger partial charge in [0.2, 0.25) is 15.9 Å². The first-order valence-corrected chi connectivity index (χ1v) is 11.4. The van der Waals surface area contributed by atoms with E-state index in [0.29, 0.717) is 22.2 Å². The normalized spacial score (nSPS) is 11.3. The Hall–Kier alpha value is -2.38. The molecule has 0 heterocycles. The smallest absolute Gasteiger partial charge is 0.240 e. The Morgan fingerprint density at radius 3 is 2.23 bits per heavy atom. The average Bonchev–Trinajstić information content (AvgIpc) is 2.74. The molecule has 3 rings (SSSR count). The van der Waals surface area contributed by atoms with Crippen LogP contribution in [0.1, 0.15) is 17.5 Å². The summed E-state index contributed by atoms with van der Waals surface area (Å²) in [5, 5.41) is 3.60. The van der Waals surface area contributed by atoms with Gasteiger partial charge in [0.15, 0.2) is 0 Å². The molecule has 3 aromatic carbocycles. The number of benzene rings is 3. The van der Waals surface area contributed by atoms with E-state index in [2.05, 4.69) is 10.0 Å². The monoisotopic (exact) mass is 462 g/mol. The van der Waals surface area contributed by atoms with E-state index in [0.717, 1.165) is 11.1 Å². The van der Waals surface area contributed by atoms with Crippen LogP contribution in [-0.4, -0.2) is 14.3 Å². The van der Waals surface area contributed by atoms with Gasteiger partial charge in [0.25, 0.3) is 0 Å². The Bertz CT molecular complexity index is 1120. The quantitative estimate of drug-likeness (QED) is 0.491. The van der Waals surface area contributed by atoms with Crippen molar-refractivity contribution < 1.29 is 13.2 Å². The summed E-state index contributed by atoms with van der Waals surface area (Å²) in [4.78, 5) is 12.3. The van der Waals surface area contributed by atoms with Gasteiger partial charge in [-0.2, -0.15) is 0 Å². The van der Waals surface area contributed by atoms with Crippen molar-refractivity contribution in [3.8, 4) is 0 Å². The number of rotatable bonds is 8. The zero-order chi connectivity index (χ0) is 21.6. The second-order valence-corrected chi connectivity index (χ2v) is 9.24. The minimum absolute atomic E-state index is 0.180. The molecule has 0 saturated heterocycles. The number of anilines is 1. The van der Waals surface area contributed by atoms with Crippen molar-refractivity contribution in [2.24, 2.45) is 0 Å². The second-order valence-electron chi connectivity index (χ2n) is 6.63. The molecule has 0 aliphatic heterocycles. The summed E-state index contributed by atoms with van der Waals surface area (Å²) in [6.07, 6.45) is 0.701. The molecule has 5 nitrogen and oxygen atoms in total. The molecule has 0 atom stereocenters.